The van der Waals surface area contributed by atoms with Gasteiger partial charge >= 0.3 is 0 Å². The standard InChI is InChI=1S/C24H26N2O6S/c1-30-20-12-15-23(31-2)22(17-20)26-33(28,29)21-13-10-18(11-14-21)25-24(27)9-6-16-32-19-7-4-3-5-8-19/h3-5,7-8,10-15,17,26H,6,9,16H2,1-2H3,(H,25,27). The van der Waals surface area contributed by atoms with Crippen LogP contribution in [0.2, 0.25) is 0 Å². The Kier molecular flexibility index (Phi) is 8.15. The number of carbonyl (C=O) groups excluding carboxylic acids is 1. The van der Waals surface area contributed by atoms with Crippen LogP contribution in [0.15, 0.2) is 77.7 Å². The smallest absolute Gasteiger partial charge is 0.262 e. The van der Waals surface area contributed by atoms with Gasteiger partial charge in [0, 0.05) is 18.2 Å². The predicted octanol–water partition coefficient (Wildman–Crippen LogP) is 4.30. The van der Waals surface area contributed by atoms with Crippen LogP contribution in [0.5, 0.6) is 17.2 Å². The first-order valence-electron chi connectivity index (χ1n) is 10.2. The van der Waals surface area contributed by atoms with Crippen molar-refractivity contribution in [2.75, 3.05) is 30.9 Å². The molecule has 0 unspecified atom stereocenters. The maximum absolute atomic E-state index is 12.8. The Morgan fingerprint density at radius 2 is 1.61 bits per heavy atom. The molecule has 3 aromatic rings. The summed E-state index contributed by atoms with van der Waals surface area (Å²) in [4.78, 5) is 12.2. The number of anilines is 2. The molecule has 0 atom stereocenters. The molecule has 0 aliphatic rings. The van der Waals surface area contributed by atoms with E-state index in [9.17, 15) is 13.2 Å². The Hall–Kier alpha value is -3.72. The van der Waals surface area contributed by atoms with Crippen molar-refractivity contribution in [2.45, 2.75) is 17.7 Å². The second-order valence-corrected chi connectivity index (χ2v) is 8.69. The second kappa shape index (κ2) is 11.2. The summed E-state index contributed by atoms with van der Waals surface area (Å²) in [7, 11) is -0.936. The molecule has 0 aromatic heterocycles. The fourth-order valence-electron chi connectivity index (χ4n) is 2.98. The number of sulfonamides is 1. The number of para-hydroxylation sites is 1. The second-order valence-electron chi connectivity index (χ2n) is 7.01. The van der Waals surface area contributed by atoms with E-state index < -0.39 is 10.0 Å². The lowest BCUT2D eigenvalue weighted by Crippen LogP contribution is -2.15. The molecule has 0 heterocycles. The minimum absolute atomic E-state index is 0.0432. The Labute approximate surface area is 193 Å². The Morgan fingerprint density at radius 1 is 0.879 bits per heavy atom. The number of benzene rings is 3. The van der Waals surface area contributed by atoms with Crippen molar-refractivity contribution in [3.8, 4) is 17.2 Å². The van der Waals surface area contributed by atoms with Gasteiger partial charge in [-0.2, -0.15) is 0 Å². The summed E-state index contributed by atoms with van der Waals surface area (Å²) in [6, 6.07) is 20.1. The van der Waals surface area contributed by atoms with E-state index >= 15 is 0 Å². The maximum atomic E-state index is 12.8. The molecule has 174 valence electrons. The van der Waals surface area contributed by atoms with Gasteiger partial charge in [-0.15, -0.1) is 0 Å². The molecule has 0 aliphatic heterocycles. The average molecular weight is 471 g/mol. The van der Waals surface area contributed by atoms with Crippen molar-refractivity contribution < 1.29 is 27.4 Å². The highest BCUT2D eigenvalue weighted by Gasteiger charge is 2.17. The highest BCUT2D eigenvalue weighted by atomic mass is 32.2. The van der Waals surface area contributed by atoms with Gasteiger partial charge in [0.2, 0.25) is 5.91 Å². The van der Waals surface area contributed by atoms with E-state index in [1.54, 1.807) is 12.1 Å². The number of amides is 1. The summed E-state index contributed by atoms with van der Waals surface area (Å²) in [6.45, 7) is 0.425. The first-order valence-corrected chi connectivity index (χ1v) is 11.7. The minimum atomic E-state index is -3.87. The molecule has 1 amide bonds. The fourth-order valence-corrected chi connectivity index (χ4v) is 4.04. The molecule has 0 aliphatic carbocycles. The van der Waals surface area contributed by atoms with Crippen LogP contribution >= 0.6 is 0 Å². The number of nitrogens with one attached hydrogen (secondary N) is 2. The van der Waals surface area contributed by atoms with E-state index in [0.29, 0.717) is 30.2 Å². The zero-order valence-corrected chi connectivity index (χ0v) is 19.2. The highest BCUT2D eigenvalue weighted by molar-refractivity contribution is 7.92. The van der Waals surface area contributed by atoms with Crippen molar-refractivity contribution >= 4 is 27.3 Å². The molecule has 0 bridgehead atoms. The summed E-state index contributed by atoms with van der Waals surface area (Å²) in [6.07, 6.45) is 0.837. The van der Waals surface area contributed by atoms with Crippen LogP contribution < -0.4 is 24.2 Å². The Morgan fingerprint density at radius 3 is 2.27 bits per heavy atom. The van der Waals surface area contributed by atoms with E-state index in [4.69, 9.17) is 14.2 Å². The van der Waals surface area contributed by atoms with Crippen molar-refractivity contribution in [1.82, 2.24) is 0 Å². The SMILES string of the molecule is COc1ccc(OC)c(NS(=O)(=O)c2ccc(NC(=O)CCCOc3ccccc3)cc2)c1. The van der Waals surface area contributed by atoms with Gasteiger partial charge in [0.1, 0.15) is 17.2 Å². The Bertz CT molecular complexity index is 1170. The lowest BCUT2D eigenvalue weighted by molar-refractivity contribution is -0.116. The van der Waals surface area contributed by atoms with Crippen LogP contribution in [0.1, 0.15) is 12.8 Å². The highest BCUT2D eigenvalue weighted by Crippen LogP contribution is 2.31. The number of carbonyl (C=O) groups is 1. The van der Waals surface area contributed by atoms with E-state index in [-0.39, 0.29) is 22.9 Å². The molecule has 8 nitrogen and oxygen atoms in total. The lowest BCUT2D eigenvalue weighted by Gasteiger charge is -2.13. The normalized spacial score (nSPS) is 10.8. The van der Waals surface area contributed by atoms with Gasteiger partial charge in [0.15, 0.2) is 0 Å². The third-order valence-corrected chi connectivity index (χ3v) is 6.04. The van der Waals surface area contributed by atoms with Gasteiger partial charge in [-0.05, 0) is 55.0 Å². The van der Waals surface area contributed by atoms with Gasteiger partial charge in [0.05, 0.1) is 31.4 Å². The summed E-state index contributed by atoms with van der Waals surface area (Å²) < 4.78 is 44.0. The summed E-state index contributed by atoms with van der Waals surface area (Å²) in [5.74, 6) is 1.43. The molecule has 3 aromatic carbocycles. The molecular formula is C24H26N2O6S. The van der Waals surface area contributed by atoms with Crippen molar-refractivity contribution in [2.24, 2.45) is 0 Å². The number of methoxy groups -OCH3 is 2. The maximum Gasteiger partial charge on any atom is 0.262 e. The monoisotopic (exact) mass is 470 g/mol. The van der Waals surface area contributed by atoms with Crippen molar-refractivity contribution in [3.05, 3.63) is 72.8 Å². The predicted molar refractivity (Wildman–Crippen MR) is 127 cm³/mol. The molecule has 33 heavy (non-hydrogen) atoms. The fraction of sp³-hybridized carbons (Fsp3) is 0.208. The van der Waals surface area contributed by atoms with Crippen LogP contribution in [-0.4, -0.2) is 35.2 Å². The van der Waals surface area contributed by atoms with Gasteiger partial charge < -0.3 is 19.5 Å². The van der Waals surface area contributed by atoms with Crippen LogP contribution in [-0.2, 0) is 14.8 Å². The molecule has 9 heteroatoms. The molecule has 3 rings (SSSR count). The summed E-state index contributed by atoms with van der Waals surface area (Å²) >= 11 is 0. The zero-order valence-electron chi connectivity index (χ0n) is 18.4. The van der Waals surface area contributed by atoms with Gasteiger partial charge in [-0.1, -0.05) is 18.2 Å². The lowest BCUT2D eigenvalue weighted by atomic mass is 10.2. The molecule has 0 saturated heterocycles. The van der Waals surface area contributed by atoms with Crippen LogP contribution in [0.4, 0.5) is 11.4 Å². The first-order chi connectivity index (χ1) is 15.9. The number of hydrogen-bond acceptors (Lipinski definition) is 6. The van der Waals surface area contributed by atoms with Crippen LogP contribution in [0.25, 0.3) is 0 Å². The van der Waals surface area contributed by atoms with Crippen molar-refractivity contribution in [1.29, 1.82) is 0 Å². The summed E-state index contributed by atoms with van der Waals surface area (Å²) in [5.41, 5.74) is 0.758. The number of ether oxygens (including phenoxy) is 3. The van der Waals surface area contributed by atoms with Crippen LogP contribution in [0, 0.1) is 0 Å². The molecule has 0 fully saturated rings. The Balaban J connectivity index is 1.55. The van der Waals surface area contributed by atoms with Gasteiger partial charge in [-0.3, -0.25) is 9.52 Å². The molecular weight excluding hydrogens is 444 g/mol. The van der Waals surface area contributed by atoms with E-state index in [1.807, 2.05) is 30.3 Å². The van der Waals surface area contributed by atoms with E-state index in [2.05, 4.69) is 10.0 Å². The minimum Gasteiger partial charge on any atom is -0.497 e. The third-order valence-electron chi connectivity index (χ3n) is 4.66. The zero-order chi connectivity index (χ0) is 23.7. The third kappa shape index (κ3) is 6.88. The largest absolute Gasteiger partial charge is 0.497 e. The van der Waals surface area contributed by atoms with Gasteiger partial charge in [0.25, 0.3) is 10.0 Å². The number of hydrogen-bond donors (Lipinski definition) is 2. The van der Waals surface area contributed by atoms with Crippen molar-refractivity contribution in [3.63, 3.8) is 0 Å². The van der Waals surface area contributed by atoms with E-state index in [1.165, 1.54) is 44.6 Å². The van der Waals surface area contributed by atoms with Gasteiger partial charge in [-0.25, -0.2) is 8.42 Å². The molecule has 0 radical (unpaired) electrons. The van der Waals surface area contributed by atoms with Crippen LogP contribution in [0.3, 0.4) is 0 Å². The molecule has 0 saturated carbocycles. The quantitative estimate of drug-likeness (QED) is 0.405. The summed E-state index contributed by atoms with van der Waals surface area (Å²) in [5, 5.41) is 2.76. The molecule has 0 spiro atoms. The topological polar surface area (TPSA) is 103 Å². The van der Waals surface area contributed by atoms with E-state index in [0.717, 1.165) is 5.75 Å². The first kappa shape index (κ1) is 23.9. The molecule has 2 N–H and O–H groups in total. The number of rotatable bonds is 11. The average Bonchev–Trinajstić information content (AvgIpc) is 2.82.